The van der Waals surface area contributed by atoms with E-state index in [-0.39, 0.29) is 17.3 Å². The summed E-state index contributed by atoms with van der Waals surface area (Å²) in [6.45, 7) is 5.61. The fraction of sp³-hybridized carbons (Fsp3) is 0.438. The van der Waals surface area contributed by atoms with Crippen molar-refractivity contribution in [3.8, 4) is 11.5 Å². The first-order chi connectivity index (χ1) is 9.43. The molecule has 1 atom stereocenters. The highest BCUT2D eigenvalue weighted by Gasteiger charge is 2.55. The molecule has 4 nitrogen and oxygen atoms in total. The van der Waals surface area contributed by atoms with Crippen LogP contribution in [0.15, 0.2) is 30.0 Å². The Bertz CT molecular complexity index is 535. The van der Waals surface area contributed by atoms with Gasteiger partial charge in [0.2, 0.25) is 0 Å². The molecule has 2 rings (SSSR count). The van der Waals surface area contributed by atoms with E-state index < -0.39 is 0 Å². The van der Waals surface area contributed by atoms with Crippen LogP contribution in [0.5, 0.6) is 11.5 Å². The van der Waals surface area contributed by atoms with Crippen LogP contribution in [0.1, 0.15) is 32.3 Å². The molecule has 1 aliphatic carbocycles. The highest BCUT2D eigenvalue weighted by atomic mass is 16.5. The summed E-state index contributed by atoms with van der Waals surface area (Å²) in [4.78, 5) is 11.0. The standard InChI is InChI=1S/C16H20O4/c1-10(17)20-9-11-15(16(11,2)3)14-12(18-4)7-6-8-13(14)19-5/h6-9,15H,1-5H3/b11-9+. The number of benzene rings is 1. The first-order valence-corrected chi connectivity index (χ1v) is 6.52. The van der Waals surface area contributed by atoms with E-state index in [1.165, 1.54) is 6.92 Å². The average Bonchev–Trinajstić information content (AvgIpc) is 2.96. The van der Waals surface area contributed by atoms with Gasteiger partial charge in [0, 0.05) is 23.8 Å². The number of rotatable bonds is 4. The Hall–Kier alpha value is -1.97. The monoisotopic (exact) mass is 276 g/mol. The van der Waals surface area contributed by atoms with Gasteiger partial charge in [-0.1, -0.05) is 19.9 Å². The van der Waals surface area contributed by atoms with Crippen LogP contribution < -0.4 is 9.47 Å². The molecule has 0 bridgehead atoms. The fourth-order valence-corrected chi connectivity index (χ4v) is 2.63. The maximum Gasteiger partial charge on any atom is 0.307 e. The van der Waals surface area contributed by atoms with Gasteiger partial charge in [0.15, 0.2) is 0 Å². The number of hydrogen-bond donors (Lipinski definition) is 0. The second kappa shape index (κ2) is 5.19. The highest BCUT2D eigenvalue weighted by molar-refractivity contribution is 5.67. The van der Waals surface area contributed by atoms with Crippen molar-refractivity contribution in [2.75, 3.05) is 14.2 Å². The second-order valence-electron chi connectivity index (χ2n) is 5.41. The van der Waals surface area contributed by atoms with E-state index in [2.05, 4.69) is 13.8 Å². The number of methoxy groups -OCH3 is 2. The van der Waals surface area contributed by atoms with Gasteiger partial charge in [-0.2, -0.15) is 0 Å². The molecule has 0 aromatic heterocycles. The predicted molar refractivity (Wildman–Crippen MR) is 75.9 cm³/mol. The zero-order valence-corrected chi connectivity index (χ0v) is 12.5. The minimum absolute atomic E-state index is 0.0721. The Morgan fingerprint density at radius 1 is 1.20 bits per heavy atom. The molecule has 0 radical (unpaired) electrons. The van der Waals surface area contributed by atoms with Gasteiger partial charge >= 0.3 is 5.97 Å². The van der Waals surface area contributed by atoms with Crippen LogP contribution in [-0.2, 0) is 9.53 Å². The summed E-state index contributed by atoms with van der Waals surface area (Å²) in [5.74, 6) is 1.39. The van der Waals surface area contributed by atoms with Crippen LogP contribution in [0.4, 0.5) is 0 Å². The molecule has 108 valence electrons. The van der Waals surface area contributed by atoms with Gasteiger partial charge in [-0.25, -0.2) is 0 Å². The average molecular weight is 276 g/mol. The lowest BCUT2D eigenvalue weighted by Gasteiger charge is -2.13. The third kappa shape index (κ3) is 2.38. The van der Waals surface area contributed by atoms with Crippen molar-refractivity contribution in [2.24, 2.45) is 5.41 Å². The number of esters is 1. The van der Waals surface area contributed by atoms with E-state index in [1.807, 2.05) is 18.2 Å². The Morgan fingerprint density at radius 2 is 1.75 bits per heavy atom. The van der Waals surface area contributed by atoms with Gasteiger partial charge in [-0.15, -0.1) is 0 Å². The molecule has 1 aromatic carbocycles. The SMILES string of the molecule is COc1cccc(OC)c1C1/C(=C\OC(C)=O)C1(C)C. The molecule has 0 spiro atoms. The Morgan fingerprint density at radius 3 is 2.20 bits per heavy atom. The molecular weight excluding hydrogens is 256 g/mol. The summed E-state index contributed by atoms with van der Waals surface area (Å²) in [5, 5.41) is 0. The van der Waals surface area contributed by atoms with E-state index in [0.29, 0.717) is 0 Å². The summed E-state index contributed by atoms with van der Waals surface area (Å²) in [5.41, 5.74) is 1.99. The van der Waals surface area contributed by atoms with E-state index in [9.17, 15) is 4.79 Å². The second-order valence-corrected chi connectivity index (χ2v) is 5.41. The van der Waals surface area contributed by atoms with Crippen molar-refractivity contribution in [1.29, 1.82) is 0 Å². The van der Waals surface area contributed by atoms with Gasteiger partial charge in [-0.05, 0) is 17.7 Å². The lowest BCUT2D eigenvalue weighted by molar-refractivity contribution is -0.135. The summed E-state index contributed by atoms with van der Waals surface area (Å²) in [6.07, 6.45) is 1.55. The molecular formula is C16H20O4. The molecule has 1 fully saturated rings. The molecule has 0 N–H and O–H groups in total. The minimum Gasteiger partial charge on any atom is -0.496 e. The summed E-state index contributed by atoms with van der Waals surface area (Å²) in [6, 6.07) is 5.72. The van der Waals surface area contributed by atoms with E-state index in [0.717, 1.165) is 22.6 Å². The highest BCUT2D eigenvalue weighted by Crippen LogP contribution is 2.67. The lowest BCUT2D eigenvalue weighted by Crippen LogP contribution is -1.98. The van der Waals surface area contributed by atoms with Crippen LogP contribution >= 0.6 is 0 Å². The van der Waals surface area contributed by atoms with Crippen LogP contribution in [0.3, 0.4) is 0 Å². The molecule has 0 amide bonds. The van der Waals surface area contributed by atoms with Crippen LogP contribution in [0.2, 0.25) is 0 Å². The quantitative estimate of drug-likeness (QED) is 0.625. The molecule has 1 aliphatic rings. The largest absolute Gasteiger partial charge is 0.496 e. The van der Waals surface area contributed by atoms with Crippen LogP contribution in [0.25, 0.3) is 0 Å². The van der Waals surface area contributed by atoms with Gasteiger partial charge in [0.05, 0.1) is 20.5 Å². The molecule has 1 unspecified atom stereocenters. The molecule has 1 aromatic rings. The molecule has 1 saturated carbocycles. The maximum absolute atomic E-state index is 11.0. The molecule has 0 heterocycles. The predicted octanol–water partition coefficient (Wildman–Crippen LogP) is 3.27. The maximum atomic E-state index is 11.0. The van der Waals surface area contributed by atoms with Crippen molar-refractivity contribution in [1.82, 2.24) is 0 Å². The number of hydrogen-bond acceptors (Lipinski definition) is 4. The van der Waals surface area contributed by atoms with Crippen LogP contribution in [0, 0.1) is 5.41 Å². The molecule has 20 heavy (non-hydrogen) atoms. The Balaban J connectivity index is 2.42. The molecule has 4 heteroatoms. The normalized spacial score (nSPS) is 21.4. The van der Waals surface area contributed by atoms with Crippen LogP contribution in [-0.4, -0.2) is 20.2 Å². The van der Waals surface area contributed by atoms with Gasteiger partial charge in [0.25, 0.3) is 0 Å². The van der Waals surface area contributed by atoms with Gasteiger partial charge in [-0.3, -0.25) is 4.79 Å². The van der Waals surface area contributed by atoms with Gasteiger partial charge in [0.1, 0.15) is 11.5 Å². The van der Waals surface area contributed by atoms with Crippen molar-refractivity contribution < 1.29 is 19.0 Å². The fourth-order valence-electron chi connectivity index (χ4n) is 2.63. The third-order valence-electron chi connectivity index (χ3n) is 3.80. The van der Waals surface area contributed by atoms with E-state index >= 15 is 0 Å². The number of carbonyl (C=O) groups excluding carboxylic acids is 1. The number of allylic oxidation sites excluding steroid dienone is 1. The topological polar surface area (TPSA) is 44.8 Å². The van der Waals surface area contributed by atoms with Crippen molar-refractivity contribution in [3.05, 3.63) is 35.6 Å². The van der Waals surface area contributed by atoms with Crippen molar-refractivity contribution in [3.63, 3.8) is 0 Å². The Labute approximate surface area is 119 Å². The first kappa shape index (κ1) is 14.4. The summed E-state index contributed by atoms with van der Waals surface area (Å²) >= 11 is 0. The lowest BCUT2D eigenvalue weighted by atomic mass is 10.0. The number of ether oxygens (including phenoxy) is 3. The zero-order chi connectivity index (χ0) is 14.9. The number of carbonyl (C=O) groups is 1. The van der Waals surface area contributed by atoms with Crippen molar-refractivity contribution in [2.45, 2.75) is 26.7 Å². The van der Waals surface area contributed by atoms with E-state index in [4.69, 9.17) is 14.2 Å². The van der Waals surface area contributed by atoms with Crippen molar-refractivity contribution >= 4 is 5.97 Å². The Kier molecular flexibility index (Phi) is 3.75. The summed E-state index contributed by atoms with van der Waals surface area (Å²) in [7, 11) is 3.28. The third-order valence-corrected chi connectivity index (χ3v) is 3.80. The summed E-state index contributed by atoms with van der Waals surface area (Å²) < 4.78 is 15.9. The molecule has 0 saturated heterocycles. The first-order valence-electron chi connectivity index (χ1n) is 6.52. The smallest absolute Gasteiger partial charge is 0.307 e. The minimum atomic E-state index is -0.314. The molecule has 0 aliphatic heterocycles. The van der Waals surface area contributed by atoms with Gasteiger partial charge < -0.3 is 14.2 Å². The van der Waals surface area contributed by atoms with E-state index in [1.54, 1.807) is 20.5 Å². The zero-order valence-electron chi connectivity index (χ0n) is 12.5.